The van der Waals surface area contributed by atoms with Gasteiger partial charge in [-0.1, -0.05) is 34.1 Å². The van der Waals surface area contributed by atoms with Crippen LogP contribution in [0.3, 0.4) is 0 Å². The minimum absolute atomic E-state index is 0.166. The molecule has 1 aliphatic rings. The van der Waals surface area contributed by atoms with Gasteiger partial charge in [0, 0.05) is 23.0 Å². The molecule has 0 unspecified atom stereocenters. The first-order chi connectivity index (χ1) is 9.16. The van der Waals surface area contributed by atoms with E-state index in [4.69, 9.17) is 5.73 Å². The largest absolute Gasteiger partial charge is 0.356 e. The summed E-state index contributed by atoms with van der Waals surface area (Å²) in [5.41, 5.74) is 7.08. The third kappa shape index (κ3) is 4.32. The smallest absolute Gasteiger partial charge is 0.223 e. The van der Waals surface area contributed by atoms with Gasteiger partial charge in [0.15, 0.2) is 0 Å². The first kappa shape index (κ1) is 14.5. The summed E-state index contributed by atoms with van der Waals surface area (Å²) in [5, 5.41) is 3.04. The van der Waals surface area contributed by atoms with E-state index in [-0.39, 0.29) is 11.8 Å². The molecule has 1 fully saturated rings. The molecule has 0 saturated heterocycles. The maximum Gasteiger partial charge on any atom is 0.223 e. The summed E-state index contributed by atoms with van der Waals surface area (Å²) in [4.78, 5) is 12.0. The van der Waals surface area contributed by atoms with Crippen molar-refractivity contribution in [3.8, 4) is 0 Å². The summed E-state index contributed by atoms with van der Waals surface area (Å²) in [6.45, 7) is 0.698. The van der Waals surface area contributed by atoms with Gasteiger partial charge >= 0.3 is 0 Å². The van der Waals surface area contributed by atoms with Gasteiger partial charge in [-0.05, 0) is 43.7 Å². The average molecular weight is 325 g/mol. The van der Waals surface area contributed by atoms with Crippen molar-refractivity contribution in [1.29, 1.82) is 0 Å². The van der Waals surface area contributed by atoms with Gasteiger partial charge in [0.1, 0.15) is 0 Å². The van der Waals surface area contributed by atoms with E-state index in [9.17, 15) is 4.79 Å². The highest BCUT2D eigenvalue weighted by atomic mass is 79.9. The lowest BCUT2D eigenvalue weighted by Crippen LogP contribution is -2.37. The van der Waals surface area contributed by atoms with Gasteiger partial charge in [-0.25, -0.2) is 0 Å². The molecule has 3 N–H and O–H groups in total. The van der Waals surface area contributed by atoms with Crippen LogP contribution in [-0.2, 0) is 11.2 Å². The lowest BCUT2D eigenvalue weighted by atomic mass is 9.86. The van der Waals surface area contributed by atoms with Crippen LogP contribution in [0.5, 0.6) is 0 Å². The summed E-state index contributed by atoms with van der Waals surface area (Å²) >= 11 is 3.52. The molecule has 0 atom stereocenters. The number of hydrogen-bond donors (Lipinski definition) is 2. The third-order valence-electron chi connectivity index (χ3n) is 3.79. The fourth-order valence-corrected chi connectivity index (χ4v) is 3.03. The molecular weight excluding hydrogens is 304 g/mol. The van der Waals surface area contributed by atoms with Crippen molar-refractivity contribution >= 4 is 21.8 Å². The first-order valence-corrected chi connectivity index (χ1v) is 7.73. The molecule has 0 aliphatic heterocycles. The topological polar surface area (TPSA) is 55.1 Å². The van der Waals surface area contributed by atoms with Crippen molar-refractivity contribution in [2.24, 2.45) is 11.7 Å². The van der Waals surface area contributed by atoms with Gasteiger partial charge in [-0.15, -0.1) is 0 Å². The van der Waals surface area contributed by atoms with Crippen LogP contribution in [0.4, 0.5) is 0 Å². The summed E-state index contributed by atoms with van der Waals surface area (Å²) in [6, 6.07) is 8.42. The number of rotatable bonds is 4. The van der Waals surface area contributed by atoms with E-state index in [2.05, 4.69) is 27.3 Å². The SMILES string of the molecule is NC1CCC(C(=O)NCCc2ccccc2Br)CC1. The molecule has 3 nitrogen and oxygen atoms in total. The van der Waals surface area contributed by atoms with Gasteiger partial charge in [0.25, 0.3) is 0 Å². The van der Waals surface area contributed by atoms with E-state index in [1.165, 1.54) is 5.56 Å². The molecule has 2 rings (SSSR count). The number of nitrogens with two attached hydrogens (primary N) is 1. The standard InChI is InChI=1S/C15H21BrN2O/c16-14-4-2-1-3-11(14)9-10-18-15(19)12-5-7-13(17)8-6-12/h1-4,12-13H,5-10,17H2,(H,18,19). The quantitative estimate of drug-likeness (QED) is 0.894. The fraction of sp³-hybridized carbons (Fsp3) is 0.533. The Morgan fingerprint density at radius 1 is 1.26 bits per heavy atom. The number of amides is 1. The predicted octanol–water partition coefficient (Wildman–Crippen LogP) is 2.63. The number of carbonyl (C=O) groups excluding carboxylic acids is 1. The molecule has 1 aliphatic carbocycles. The van der Waals surface area contributed by atoms with Crippen molar-refractivity contribution in [1.82, 2.24) is 5.32 Å². The second-order valence-corrected chi connectivity index (χ2v) is 6.10. The van der Waals surface area contributed by atoms with Gasteiger partial charge in [-0.3, -0.25) is 4.79 Å². The maximum atomic E-state index is 12.0. The minimum Gasteiger partial charge on any atom is -0.356 e. The highest BCUT2D eigenvalue weighted by Crippen LogP contribution is 2.23. The van der Waals surface area contributed by atoms with Crippen LogP contribution >= 0.6 is 15.9 Å². The normalized spacial score (nSPS) is 23.1. The minimum atomic E-state index is 0.166. The van der Waals surface area contributed by atoms with Gasteiger partial charge < -0.3 is 11.1 Å². The fourth-order valence-electron chi connectivity index (χ4n) is 2.55. The molecule has 1 aromatic rings. The van der Waals surface area contributed by atoms with Crippen molar-refractivity contribution in [2.45, 2.75) is 38.1 Å². The van der Waals surface area contributed by atoms with Crippen LogP contribution in [0.15, 0.2) is 28.7 Å². The summed E-state index contributed by atoms with van der Waals surface area (Å²) in [5.74, 6) is 0.359. The molecule has 0 spiro atoms. The Balaban J connectivity index is 1.74. The number of benzene rings is 1. The molecule has 0 heterocycles. The number of hydrogen-bond acceptors (Lipinski definition) is 2. The molecule has 0 aromatic heterocycles. The molecule has 4 heteroatoms. The van der Waals surface area contributed by atoms with E-state index in [0.29, 0.717) is 12.6 Å². The Morgan fingerprint density at radius 2 is 1.95 bits per heavy atom. The highest BCUT2D eigenvalue weighted by Gasteiger charge is 2.24. The molecule has 0 bridgehead atoms. The van der Waals surface area contributed by atoms with Crippen LogP contribution in [-0.4, -0.2) is 18.5 Å². The van der Waals surface area contributed by atoms with Crippen LogP contribution in [0.1, 0.15) is 31.2 Å². The van der Waals surface area contributed by atoms with Crippen LogP contribution in [0.25, 0.3) is 0 Å². The molecule has 1 aromatic carbocycles. The van der Waals surface area contributed by atoms with Crippen LogP contribution < -0.4 is 11.1 Å². The molecule has 1 amide bonds. The van der Waals surface area contributed by atoms with Crippen molar-refractivity contribution in [2.75, 3.05) is 6.54 Å². The molecule has 1 saturated carbocycles. The Kier molecular flexibility index (Phi) is 5.40. The number of halogens is 1. The second-order valence-electron chi connectivity index (χ2n) is 5.24. The number of carbonyl (C=O) groups is 1. The summed E-state index contributed by atoms with van der Waals surface area (Å²) in [7, 11) is 0. The average Bonchev–Trinajstić information content (AvgIpc) is 2.41. The zero-order chi connectivity index (χ0) is 13.7. The summed E-state index contributed by atoms with van der Waals surface area (Å²) in [6.07, 6.45) is 4.67. The zero-order valence-electron chi connectivity index (χ0n) is 11.1. The van der Waals surface area contributed by atoms with E-state index >= 15 is 0 Å². The van der Waals surface area contributed by atoms with Gasteiger partial charge in [0.05, 0.1) is 0 Å². The van der Waals surface area contributed by atoms with E-state index < -0.39 is 0 Å². The van der Waals surface area contributed by atoms with Gasteiger partial charge in [0.2, 0.25) is 5.91 Å². The Hall–Kier alpha value is -0.870. The molecular formula is C15H21BrN2O. The molecule has 0 radical (unpaired) electrons. The second kappa shape index (κ2) is 7.06. The monoisotopic (exact) mass is 324 g/mol. The van der Waals surface area contributed by atoms with Crippen molar-refractivity contribution in [3.05, 3.63) is 34.3 Å². The molecule has 19 heavy (non-hydrogen) atoms. The molecule has 104 valence electrons. The van der Waals surface area contributed by atoms with E-state index in [1.54, 1.807) is 0 Å². The van der Waals surface area contributed by atoms with E-state index in [1.807, 2.05) is 18.2 Å². The van der Waals surface area contributed by atoms with Crippen molar-refractivity contribution in [3.63, 3.8) is 0 Å². The maximum absolute atomic E-state index is 12.0. The van der Waals surface area contributed by atoms with Crippen LogP contribution in [0.2, 0.25) is 0 Å². The predicted molar refractivity (Wildman–Crippen MR) is 80.8 cm³/mol. The Labute approximate surface area is 123 Å². The lowest BCUT2D eigenvalue weighted by Gasteiger charge is -2.25. The summed E-state index contributed by atoms with van der Waals surface area (Å²) < 4.78 is 1.10. The Bertz CT molecular complexity index is 428. The van der Waals surface area contributed by atoms with Crippen LogP contribution in [0, 0.1) is 5.92 Å². The third-order valence-corrected chi connectivity index (χ3v) is 4.57. The first-order valence-electron chi connectivity index (χ1n) is 6.93. The van der Waals surface area contributed by atoms with E-state index in [0.717, 1.165) is 36.6 Å². The Morgan fingerprint density at radius 3 is 2.63 bits per heavy atom. The zero-order valence-corrected chi connectivity index (χ0v) is 12.7. The highest BCUT2D eigenvalue weighted by molar-refractivity contribution is 9.10. The van der Waals surface area contributed by atoms with Crippen molar-refractivity contribution < 1.29 is 4.79 Å². The number of nitrogens with one attached hydrogen (secondary N) is 1. The van der Waals surface area contributed by atoms with Gasteiger partial charge in [-0.2, -0.15) is 0 Å². The lowest BCUT2D eigenvalue weighted by molar-refractivity contribution is -0.125.